The minimum atomic E-state index is -0.459. The molecule has 0 aliphatic rings. The van der Waals surface area contributed by atoms with Gasteiger partial charge in [0.2, 0.25) is 5.95 Å². The highest BCUT2D eigenvalue weighted by molar-refractivity contribution is 5.83. The number of nitrogens with zero attached hydrogens (tertiary/aromatic N) is 5. The van der Waals surface area contributed by atoms with E-state index < -0.39 is 5.82 Å². The van der Waals surface area contributed by atoms with E-state index in [1.807, 2.05) is 25.1 Å². The third-order valence-corrected chi connectivity index (χ3v) is 4.81. The summed E-state index contributed by atoms with van der Waals surface area (Å²) < 4.78 is 14.8. The highest BCUT2D eigenvalue weighted by Gasteiger charge is 2.14. The summed E-state index contributed by atoms with van der Waals surface area (Å²) >= 11 is 0. The lowest BCUT2D eigenvalue weighted by Crippen LogP contribution is -2.10. The first-order valence-corrected chi connectivity index (χ1v) is 10.6. The van der Waals surface area contributed by atoms with Crippen molar-refractivity contribution in [1.82, 2.24) is 15.0 Å². The lowest BCUT2D eigenvalue weighted by atomic mass is 10.1. The molecule has 180 valence electrons. The summed E-state index contributed by atoms with van der Waals surface area (Å²) in [5.41, 5.74) is 9.86. The number of aromatic nitrogens is 3. The quantitative estimate of drug-likeness (QED) is 0.251. The van der Waals surface area contributed by atoms with Crippen LogP contribution in [0.5, 0.6) is 0 Å². The maximum Gasteiger partial charge on any atom is 0.229 e. The molecule has 9 nitrogen and oxygen atoms in total. The largest absolute Gasteiger partial charge is 0.403 e. The van der Waals surface area contributed by atoms with Gasteiger partial charge in [-0.15, -0.1) is 0 Å². The van der Waals surface area contributed by atoms with Gasteiger partial charge in [-0.3, -0.25) is 9.98 Å². The number of hydrogen-bond acceptors (Lipinski definition) is 9. The zero-order valence-electron chi connectivity index (χ0n) is 19.9. The maximum atomic E-state index is 14.8. The summed E-state index contributed by atoms with van der Waals surface area (Å²) in [6.07, 6.45) is 9.53. The van der Waals surface area contributed by atoms with Crippen LogP contribution in [0.2, 0.25) is 0 Å². The molecule has 1 aromatic carbocycles. The Hall–Kier alpha value is -4.73. The topological polar surface area (TPSA) is 116 Å². The van der Waals surface area contributed by atoms with Gasteiger partial charge in [-0.1, -0.05) is 13.2 Å². The maximum absolute atomic E-state index is 14.8. The normalized spacial score (nSPS) is 11.3. The summed E-state index contributed by atoms with van der Waals surface area (Å²) in [5, 5.41) is 9.15. The summed E-state index contributed by atoms with van der Waals surface area (Å²) in [6.45, 7) is 7.51. The molecule has 0 fully saturated rings. The van der Waals surface area contributed by atoms with Gasteiger partial charge >= 0.3 is 0 Å². The molecule has 0 saturated heterocycles. The molecule has 10 heteroatoms. The van der Waals surface area contributed by atoms with Gasteiger partial charge in [-0.2, -0.15) is 4.98 Å². The lowest BCUT2D eigenvalue weighted by Gasteiger charge is -2.17. The standard InChI is InChI=1S/C25H28FN9/c1-6-16(2)31-18-7-8-22(26)23(10-18)33-24-21(17-9-20(35(4)5)14-29-12-17)15-30-25(34-24)32-19(11-27)13-28-3/h6-15,31H,1-2,27H2,3-5H3,(H2,30,32,33,34)/b19-11+,28-13?. The van der Waals surface area contributed by atoms with Gasteiger partial charge in [-0.25, -0.2) is 9.37 Å². The monoisotopic (exact) mass is 473 g/mol. The van der Waals surface area contributed by atoms with Gasteiger partial charge in [0, 0.05) is 68.5 Å². The number of nitrogens with one attached hydrogen (secondary N) is 3. The van der Waals surface area contributed by atoms with Crippen LogP contribution in [0.3, 0.4) is 0 Å². The molecule has 3 rings (SSSR count). The summed E-state index contributed by atoms with van der Waals surface area (Å²) in [5.74, 6) is 0.155. The minimum Gasteiger partial charge on any atom is -0.403 e. The molecule has 2 heterocycles. The van der Waals surface area contributed by atoms with Crippen LogP contribution in [-0.2, 0) is 0 Å². The molecule has 5 N–H and O–H groups in total. The molecule has 0 bridgehead atoms. The Labute approximate surface area is 204 Å². The number of rotatable bonds is 10. The molecule has 0 unspecified atom stereocenters. The Morgan fingerprint density at radius 1 is 1.17 bits per heavy atom. The molecule has 0 amide bonds. The van der Waals surface area contributed by atoms with E-state index >= 15 is 0 Å². The van der Waals surface area contributed by atoms with Gasteiger partial charge in [0.25, 0.3) is 0 Å². The molecule has 35 heavy (non-hydrogen) atoms. The second-order valence-corrected chi connectivity index (χ2v) is 7.59. The fraction of sp³-hybridized carbons (Fsp3) is 0.120. The van der Waals surface area contributed by atoms with Crippen molar-refractivity contribution in [2.75, 3.05) is 42.0 Å². The number of allylic oxidation sites excluding steroid dienone is 2. The predicted octanol–water partition coefficient (Wildman–Crippen LogP) is 4.51. The highest BCUT2D eigenvalue weighted by Crippen LogP contribution is 2.32. The second-order valence-electron chi connectivity index (χ2n) is 7.59. The van der Waals surface area contributed by atoms with Crippen LogP contribution in [0.1, 0.15) is 0 Å². The molecule has 0 aliphatic heterocycles. The van der Waals surface area contributed by atoms with Crippen LogP contribution in [0.4, 0.5) is 33.2 Å². The van der Waals surface area contributed by atoms with Gasteiger partial charge in [-0.05, 0) is 30.3 Å². The molecular weight excluding hydrogens is 445 g/mol. The van der Waals surface area contributed by atoms with Crippen LogP contribution < -0.4 is 26.6 Å². The molecular formula is C25H28FN9. The van der Waals surface area contributed by atoms with Crippen LogP contribution in [0.25, 0.3) is 11.1 Å². The number of nitrogens with two attached hydrogens (primary N) is 1. The fourth-order valence-electron chi connectivity index (χ4n) is 3.02. The van der Waals surface area contributed by atoms with Crippen molar-refractivity contribution >= 4 is 35.0 Å². The minimum absolute atomic E-state index is 0.208. The van der Waals surface area contributed by atoms with Crippen molar-refractivity contribution in [1.29, 1.82) is 0 Å². The average Bonchev–Trinajstić information content (AvgIpc) is 2.86. The molecule has 0 spiro atoms. The average molecular weight is 474 g/mol. The number of anilines is 5. The zero-order valence-corrected chi connectivity index (χ0v) is 19.9. The van der Waals surface area contributed by atoms with Crippen molar-refractivity contribution in [3.8, 4) is 11.1 Å². The molecule has 0 saturated carbocycles. The first kappa shape index (κ1) is 24.9. The van der Waals surface area contributed by atoms with Gasteiger partial charge < -0.3 is 26.6 Å². The number of halogens is 1. The van der Waals surface area contributed by atoms with E-state index in [-0.39, 0.29) is 11.6 Å². The number of aliphatic imine (C=N–C) groups is 1. The summed E-state index contributed by atoms with van der Waals surface area (Å²) in [4.78, 5) is 19.2. The second kappa shape index (κ2) is 11.4. The third kappa shape index (κ3) is 6.41. The van der Waals surface area contributed by atoms with E-state index in [0.717, 1.165) is 11.3 Å². The zero-order chi connectivity index (χ0) is 25.4. The molecule has 2 aromatic heterocycles. The molecule has 3 aromatic rings. The summed E-state index contributed by atoms with van der Waals surface area (Å²) in [6, 6.07) is 6.52. The SMILES string of the molecule is C=CC(=C)Nc1ccc(F)c(Nc2nc(N/C(C=NC)=C/N)ncc2-c2cncc(N(C)C)c2)c1. The first-order chi connectivity index (χ1) is 16.8. The Bertz CT molecular complexity index is 1280. The Kier molecular flexibility index (Phi) is 8.12. The van der Waals surface area contributed by atoms with Gasteiger partial charge in [0.15, 0.2) is 0 Å². The van der Waals surface area contributed by atoms with Gasteiger partial charge in [0.05, 0.1) is 23.3 Å². The smallest absolute Gasteiger partial charge is 0.229 e. The van der Waals surface area contributed by atoms with E-state index in [1.165, 1.54) is 18.5 Å². The number of hydrogen-bond donors (Lipinski definition) is 4. The fourth-order valence-corrected chi connectivity index (χ4v) is 3.02. The number of benzene rings is 1. The lowest BCUT2D eigenvalue weighted by molar-refractivity contribution is 0.632. The Morgan fingerprint density at radius 2 is 1.97 bits per heavy atom. The van der Waals surface area contributed by atoms with E-state index in [1.54, 1.807) is 43.8 Å². The van der Waals surface area contributed by atoms with Gasteiger partial charge in [0.1, 0.15) is 11.6 Å². The Balaban J connectivity index is 2.08. The highest BCUT2D eigenvalue weighted by atomic mass is 19.1. The van der Waals surface area contributed by atoms with Crippen molar-refractivity contribution in [2.24, 2.45) is 10.7 Å². The van der Waals surface area contributed by atoms with E-state index in [4.69, 9.17) is 5.73 Å². The molecule has 0 aliphatic carbocycles. The van der Waals surface area contributed by atoms with Crippen molar-refractivity contribution < 1.29 is 4.39 Å². The Morgan fingerprint density at radius 3 is 2.66 bits per heavy atom. The van der Waals surface area contributed by atoms with Crippen molar-refractivity contribution in [3.05, 3.63) is 85.5 Å². The van der Waals surface area contributed by atoms with Crippen LogP contribution in [0, 0.1) is 5.82 Å². The van der Waals surface area contributed by atoms with Crippen LogP contribution in [0.15, 0.2) is 84.7 Å². The molecule has 0 radical (unpaired) electrons. The third-order valence-electron chi connectivity index (χ3n) is 4.81. The van der Waals surface area contributed by atoms with Crippen molar-refractivity contribution in [2.45, 2.75) is 0 Å². The number of pyridine rings is 1. The van der Waals surface area contributed by atoms with E-state index in [2.05, 4.69) is 49.1 Å². The van der Waals surface area contributed by atoms with E-state index in [9.17, 15) is 4.39 Å². The predicted molar refractivity (Wildman–Crippen MR) is 143 cm³/mol. The van der Waals surface area contributed by atoms with Crippen LogP contribution >= 0.6 is 0 Å². The molecule has 0 atom stereocenters. The van der Waals surface area contributed by atoms with E-state index in [0.29, 0.717) is 28.5 Å². The van der Waals surface area contributed by atoms with Crippen molar-refractivity contribution in [3.63, 3.8) is 0 Å². The first-order valence-electron chi connectivity index (χ1n) is 10.6. The summed E-state index contributed by atoms with van der Waals surface area (Å²) in [7, 11) is 5.46. The van der Waals surface area contributed by atoms with Crippen LogP contribution in [-0.4, -0.2) is 42.3 Å².